The highest BCUT2D eigenvalue weighted by atomic mass is 79.9. The number of carbonyl (C=O) groups excluding carboxylic acids is 3. The van der Waals surface area contributed by atoms with Crippen molar-refractivity contribution < 1.29 is 19.1 Å². The minimum absolute atomic E-state index is 0.0369. The number of ether oxygens (including phenoxy) is 1. The molecule has 1 aliphatic heterocycles. The minimum Gasteiger partial charge on any atom is -0.494 e. The Bertz CT molecular complexity index is 872. The van der Waals surface area contributed by atoms with E-state index in [4.69, 9.17) is 4.74 Å². The lowest BCUT2D eigenvalue weighted by molar-refractivity contribution is -0.140. The van der Waals surface area contributed by atoms with Gasteiger partial charge in [0.25, 0.3) is 0 Å². The first-order chi connectivity index (χ1) is 17.0. The molecule has 1 aromatic rings. The van der Waals surface area contributed by atoms with Crippen molar-refractivity contribution in [2.24, 2.45) is 5.92 Å². The molecule has 1 heterocycles. The van der Waals surface area contributed by atoms with Crippen LogP contribution in [-0.4, -0.2) is 54.4 Å². The maximum absolute atomic E-state index is 13.3. The molecule has 0 spiro atoms. The van der Waals surface area contributed by atoms with Gasteiger partial charge in [-0.25, -0.2) is 0 Å². The topological polar surface area (TPSA) is 87.7 Å². The van der Waals surface area contributed by atoms with E-state index >= 15 is 0 Å². The first-order valence-corrected chi connectivity index (χ1v) is 13.7. The van der Waals surface area contributed by atoms with E-state index in [0.29, 0.717) is 45.4 Å². The van der Waals surface area contributed by atoms with Gasteiger partial charge in [-0.1, -0.05) is 47.3 Å². The molecule has 3 rings (SSSR count). The van der Waals surface area contributed by atoms with Gasteiger partial charge in [0.15, 0.2) is 0 Å². The number of nitrogens with one attached hydrogen (secondary N) is 2. The second kappa shape index (κ2) is 14.3. The van der Waals surface area contributed by atoms with Crippen molar-refractivity contribution in [2.45, 2.75) is 76.3 Å². The lowest BCUT2D eigenvalue weighted by Gasteiger charge is -2.32. The Balaban J connectivity index is 1.52. The van der Waals surface area contributed by atoms with Crippen molar-refractivity contribution in [1.29, 1.82) is 0 Å². The fourth-order valence-corrected chi connectivity index (χ4v) is 5.35. The molecular formula is C27H38BrN3O4. The molecule has 7 nitrogen and oxygen atoms in total. The maximum atomic E-state index is 13.3. The predicted octanol–water partition coefficient (Wildman–Crippen LogP) is 4.36. The molecule has 1 saturated heterocycles. The minimum atomic E-state index is -0.552. The molecule has 3 amide bonds. The van der Waals surface area contributed by atoms with E-state index < -0.39 is 12.1 Å². The van der Waals surface area contributed by atoms with Crippen molar-refractivity contribution in [2.75, 3.05) is 19.7 Å². The number of rotatable bonds is 12. The molecule has 2 aliphatic rings. The van der Waals surface area contributed by atoms with Crippen molar-refractivity contribution in [1.82, 2.24) is 15.5 Å². The quantitative estimate of drug-likeness (QED) is 0.300. The average Bonchev–Trinajstić information content (AvgIpc) is 3.36. The lowest BCUT2D eigenvalue weighted by Crippen LogP contribution is -2.56. The van der Waals surface area contributed by atoms with Crippen LogP contribution in [0.5, 0.6) is 5.75 Å². The molecule has 2 atom stereocenters. The van der Waals surface area contributed by atoms with E-state index in [2.05, 4.69) is 33.1 Å². The van der Waals surface area contributed by atoms with Crippen molar-refractivity contribution in [3.8, 4) is 5.75 Å². The monoisotopic (exact) mass is 547 g/mol. The Morgan fingerprint density at radius 3 is 2.71 bits per heavy atom. The van der Waals surface area contributed by atoms with Crippen LogP contribution in [0, 0.1) is 5.92 Å². The van der Waals surface area contributed by atoms with Crippen LogP contribution < -0.4 is 15.4 Å². The SMILES string of the molecule is C=CCCNC(=O)[C@@H](NC(=O)[C@@H]1CCCN1C(=O)CCCOc1cccc(Br)c1)C1CCCCC1. The van der Waals surface area contributed by atoms with Gasteiger partial charge in [-0.2, -0.15) is 0 Å². The number of halogens is 1. The molecule has 35 heavy (non-hydrogen) atoms. The summed E-state index contributed by atoms with van der Waals surface area (Å²) in [5.74, 6) is 0.510. The van der Waals surface area contributed by atoms with Crippen LogP contribution in [0.3, 0.4) is 0 Å². The fourth-order valence-electron chi connectivity index (χ4n) is 4.97. The predicted molar refractivity (Wildman–Crippen MR) is 140 cm³/mol. The van der Waals surface area contributed by atoms with Gasteiger partial charge in [0.2, 0.25) is 17.7 Å². The van der Waals surface area contributed by atoms with Crippen LogP contribution >= 0.6 is 15.9 Å². The van der Waals surface area contributed by atoms with Crippen LogP contribution in [0.25, 0.3) is 0 Å². The van der Waals surface area contributed by atoms with Gasteiger partial charge in [0, 0.05) is 24.0 Å². The van der Waals surface area contributed by atoms with Gasteiger partial charge in [0.05, 0.1) is 6.61 Å². The number of hydrogen-bond donors (Lipinski definition) is 2. The summed E-state index contributed by atoms with van der Waals surface area (Å²) in [4.78, 5) is 40.8. The largest absolute Gasteiger partial charge is 0.494 e. The lowest BCUT2D eigenvalue weighted by atomic mass is 9.83. The second-order valence-electron chi connectivity index (χ2n) is 9.41. The third kappa shape index (κ3) is 8.37. The van der Waals surface area contributed by atoms with Crippen molar-refractivity contribution in [3.05, 3.63) is 41.4 Å². The highest BCUT2D eigenvalue weighted by Gasteiger charge is 2.37. The van der Waals surface area contributed by atoms with Crippen LogP contribution in [0.1, 0.15) is 64.2 Å². The van der Waals surface area contributed by atoms with Crippen molar-refractivity contribution >= 4 is 33.7 Å². The van der Waals surface area contributed by atoms with Crippen LogP contribution in [0.15, 0.2) is 41.4 Å². The Morgan fingerprint density at radius 1 is 1.17 bits per heavy atom. The van der Waals surface area contributed by atoms with E-state index in [1.165, 1.54) is 6.42 Å². The Labute approximate surface area is 217 Å². The van der Waals surface area contributed by atoms with Crippen LogP contribution in [0.4, 0.5) is 0 Å². The van der Waals surface area contributed by atoms with E-state index in [1.54, 1.807) is 11.0 Å². The zero-order valence-electron chi connectivity index (χ0n) is 20.5. The molecule has 192 valence electrons. The maximum Gasteiger partial charge on any atom is 0.243 e. The van der Waals surface area contributed by atoms with E-state index in [1.807, 2.05) is 24.3 Å². The van der Waals surface area contributed by atoms with Crippen LogP contribution in [-0.2, 0) is 14.4 Å². The Morgan fingerprint density at radius 2 is 1.97 bits per heavy atom. The van der Waals surface area contributed by atoms with Gasteiger partial charge in [-0.15, -0.1) is 6.58 Å². The molecule has 8 heteroatoms. The van der Waals surface area contributed by atoms with Gasteiger partial charge in [-0.3, -0.25) is 14.4 Å². The molecule has 0 radical (unpaired) electrons. The molecule has 0 unspecified atom stereocenters. The summed E-state index contributed by atoms with van der Waals surface area (Å²) in [7, 11) is 0. The number of benzene rings is 1. The zero-order valence-corrected chi connectivity index (χ0v) is 22.1. The van der Waals surface area contributed by atoms with E-state index in [-0.39, 0.29) is 23.6 Å². The molecule has 1 saturated carbocycles. The summed E-state index contributed by atoms with van der Waals surface area (Å²) in [6.45, 7) is 5.21. The Hall–Kier alpha value is -2.35. The third-order valence-corrected chi connectivity index (χ3v) is 7.32. The molecule has 1 aliphatic carbocycles. The Kier molecular flexibility index (Phi) is 11.1. The van der Waals surface area contributed by atoms with Gasteiger partial charge in [0.1, 0.15) is 17.8 Å². The summed E-state index contributed by atoms with van der Waals surface area (Å²) in [5, 5.41) is 5.97. The molecule has 0 aromatic heterocycles. The number of amides is 3. The smallest absolute Gasteiger partial charge is 0.243 e. The summed E-state index contributed by atoms with van der Waals surface area (Å²) in [5.41, 5.74) is 0. The van der Waals surface area contributed by atoms with Gasteiger partial charge >= 0.3 is 0 Å². The summed E-state index contributed by atoms with van der Waals surface area (Å²) in [6.07, 6.45) is 9.97. The standard InChI is InChI=1S/C27H38BrN3O4/c1-2-3-16-29-27(34)25(20-10-5-4-6-11-20)30-26(33)23-14-8-17-31(23)24(32)15-9-18-35-22-13-7-12-21(28)19-22/h2,7,12-13,19-20,23,25H,1,3-6,8-11,14-18H2,(H,29,34)(H,30,33)/t23-,25-/m0/s1. The zero-order chi connectivity index (χ0) is 25.0. The first kappa shape index (κ1) is 27.2. The van der Waals surface area contributed by atoms with E-state index in [9.17, 15) is 14.4 Å². The van der Waals surface area contributed by atoms with E-state index in [0.717, 1.165) is 42.3 Å². The normalized spacial score (nSPS) is 19.1. The summed E-state index contributed by atoms with van der Waals surface area (Å²) in [6, 6.07) is 6.53. The van der Waals surface area contributed by atoms with Crippen molar-refractivity contribution in [3.63, 3.8) is 0 Å². The molecule has 2 fully saturated rings. The molecule has 2 N–H and O–H groups in total. The highest BCUT2D eigenvalue weighted by Crippen LogP contribution is 2.27. The average molecular weight is 549 g/mol. The summed E-state index contributed by atoms with van der Waals surface area (Å²) >= 11 is 3.42. The number of hydrogen-bond acceptors (Lipinski definition) is 4. The molecule has 0 bridgehead atoms. The third-order valence-electron chi connectivity index (χ3n) is 6.82. The second-order valence-corrected chi connectivity index (χ2v) is 10.3. The number of likely N-dealkylation sites (tertiary alicyclic amines) is 1. The first-order valence-electron chi connectivity index (χ1n) is 12.9. The number of nitrogens with zero attached hydrogens (tertiary/aromatic N) is 1. The number of carbonyl (C=O) groups is 3. The van der Waals surface area contributed by atoms with Gasteiger partial charge in [-0.05, 0) is 62.6 Å². The molecular weight excluding hydrogens is 510 g/mol. The summed E-state index contributed by atoms with van der Waals surface area (Å²) < 4.78 is 6.67. The molecule has 1 aromatic carbocycles. The van der Waals surface area contributed by atoms with Crippen LogP contribution in [0.2, 0.25) is 0 Å². The van der Waals surface area contributed by atoms with Gasteiger partial charge < -0.3 is 20.3 Å². The fraction of sp³-hybridized carbons (Fsp3) is 0.593. The highest BCUT2D eigenvalue weighted by molar-refractivity contribution is 9.10.